The molecule has 0 saturated carbocycles. The van der Waals surface area contributed by atoms with Crippen LogP contribution in [0.1, 0.15) is 284 Å². The first kappa shape index (κ1) is 82.1. The molecule has 0 rings (SSSR count). The number of rotatable bonds is 63. The molecular formula is C76H130NO8P. The van der Waals surface area contributed by atoms with Gasteiger partial charge in [0.25, 0.3) is 7.82 Å². The van der Waals surface area contributed by atoms with Crippen LogP contribution in [0.5, 0.6) is 0 Å². The molecule has 0 aromatic heterocycles. The number of quaternary nitrogens is 1. The summed E-state index contributed by atoms with van der Waals surface area (Å²) in [6.07, 6.45) is 95.2. The Bertz CT molecular complexity index is 1910. The van der Waals surface area contributed by atoms with Gasteiger partial charge in [0, 0.05) is 12.8 Å². The largest absolute Gasteiger partial charge is 0.756 e. The smallest absolute Gasteiger partial charge is 0.306 e. The van der Waals surface area contributed by atoms with Crippen LogP contribution in [-0.4, -0.2) is 70.0 Å². The van der Waals surface area contributed by atoms with Crippen molar-refractivity contribution < 1.29 is 42.1 Å². The zero-order chi connectivity index (χ0) is 62.6. The van der Waals surface area contributed by atoms with Gasteiger partial charge in [0.1, 0.15) is 19.8 Å². The lowest BCUT2D eigenvalue weighted by Gasteiger charge is -2.28. The van der Waals surface area contributed by atoms with E-state index in [2.05, 4.69) is 148 Å². The maximum atomic E-state index is 12.9. The van der Waals surface area contributed by atoms with Gasteiger partial charge in [0.2, 0.25) is 0 Å². The molecular weight excluding hydrogens is 1090 g/mol. The van der Waals surface area contributed by atoms with Crippen molar-refractivity contribution in [1.82, 2.24) is 0 Å². The zero-order valence-corrected chi connectivity index (χ0v) is 56.9. The summed E-state index contributed by atoms with van der Waals surface area (Å²) in [5.74, 6) is -0.834. The quantitative estimate of drug-likeness (QED) is 0.0195. The summed E-state index contributed by atoms with van der Waals surface area (Å²) in [4.78, 5) is 38.1. The highest BCUT2D eigenvalue weighted by molar-refractivity contribution is 7.45. The first-order valence-electron chi connectivity index (χ1n) is 34.9. The molecule has 492 valence electrons. The number of carbonyl (C=O) groups excluding carboxylic acids is 2. The molecule has 0 bridgehead atoms. The van der Waals surface area contributed by atoms with Gasteiger partial charge in [-0.15, -0.1) is 0 Å². The molecule has 2 atom stereocenters. The van der Waals surface area contributed by atoms with Gasteiger partial charge in [-0.2, -0.15) is 0 Å². The third-order valence-electron chi connectivity index (χ3n) is 14.7. The minimum Gasteiger partial charge on any atom is -0.756 e. The molecule has 0 aromatic rings. The van der Waals surface area contributed by atoms with E-state index < -0.39 is 26.5 Å². The number of likely N-dealkylation sites (N-methyl/N-ethyl adjacent to an activating group) is 1. The summed E-state index contributed by atoms with van der Waals surface area (Å²) in [6.45, 7) is 4.02. The normalized spacial score (nSPS) is 14.0. The first-order valence-corrected chi connectivity index (χ1v) is 36.4. The number of carbonyl (C=O) groups is 2. The SMILES string of the molecule is CC/C=C\C/C=C\C/C=C\C/C=C\C/C=C\C/C=C\C/C=C\CCCCCCCCCCCCCCCCCC(=O)OC(COC(=O)CCCCCCCCCCCCCC/C=C\C/C=C\C/C=C\C/C=C\CC)COP(=O)([O-])OCC[N+](C)(C)C. The van der Waals surface area contributed by atoms with Gasteiger partial charge < -0.3 is 27.9 Å². The number of esters is 2. The number of hydrogen-bond donors (Lipinski definition) is 0. The lowest BCUT2D eigenvalue weighted by Crippen LogP contribution is -2.37. The van der Waals surface area contributed by atoms with Gasteiger partial charge in [0.15, 0.2) is 6.10 Å². The van der Waals surface area contributed by atoms with Crippen LogP contribution < -0.4 is 4.89 Å². The van der Waals surface area contributed by atoms with E-state index in [4.69, 9.17) is 18.5 Å². The lowest BCUT2D eigenvalue weighted by molar-refractivity contribution is -0.870. The van der Waals surface area contributed by atoms with Crippen LogP contribution in [0.3, 0.4) is 0 Å². The minimum absolute atomic E-state index is 0.0357. The molecule has 10 heteroatoms. The lowest BCUT2D eigenvalue weighted by atomic mass is 10.0. The molecule has 0 heterocycles. The molecule has 0 aliphatic carbocycles. The summed E-state index contributed by atoms with van der Waals surface area (Å²) in [6, 6.07) is 0. The number of unbranched alkanes of at least 4 members (excludes halogenated alkanes) is 27. The van der Waals surface area contributed by atoms with Crippen molar-refractivity contribution in [3.05, 3.63) is 134 Å². The van der Waals surface area contributed by atoms with Crippen molar-refractivity contribution in [3.8, 4) is 0 Å². The average Bonchev–Trinajstić information content (AvgIpc) is 3.67. The standard InChI is InChI=1S/C76H130NO8P/c1-6-8-10-12-14-16-18-20-22-24-26-28-30-32-33-34-35-36-37-38-39-40-41-42-43-45-47-49-51-53-55-57-59-61-63-65-67-69-76(79)85-74(73-84-86(80,81)83-71-70-77(3,4)5)72-82-75(78)68-66-64-62-60-58-56-54-52-50-48-46-44-31-29-27-25-23-21-19-17-15-13-11-9-7-2/h8-11,14-17,20-23,26-29,32-33,35-36,38-39,74H,6-7,12-13,18-19,24-25,30-31,34,37,40-73H2,1-5H3/b10-8-,11-9-,16-14-,17-15-,22-20-,23-21-,28-26-,29-27-,33-32-,36-35-,39-38-. The second kappa shape index (κ2) is 65.6. The van der Waals surface area contributed by atoms with Crippen LogP contribution in [0.15, 0.2) is 134 Å². The molecule has 2 unspecified atom stereocenters. The molecule has 0 radical (unpaired) electrons. The van der Waals surface area contributed by atoms with E-state index in [0.717, 1.165) is 109 Å². The second-order valence-corrected chi connectivity index (χ2v) is 25.5. The first-order chi connectivity index (χ1) is 42.0. The fourth-order valence-corrected chi connectivity index (χ4v) is 10.1. The van der Waals surface area contributed by atoms with Gasteiger partial charge in [-0.1, -0.05) is 295 Å². The van der Waals surface area contributed by atoms with E-state index >= 15 is 0 Å². The molecule has 0 spiro atoms. The summed E-state index contributed by atoms with van der Waals surface area (Å²) < 4.78 is 34.3. The summed E-state index contributed by atoms with van der Waals surface area (Å²) >= 11 is 0. The van der Waals surface area contributed by atoms with E-state index in [0.29, 0.717) is 17.4 Å². The van der Waals surface area contributed by atoms with Crippen molar-refractivity contribution in [2.45, 2.75) is 290 Å². The Morgan fingerprint density at radius 3 is 0.930 bits per heavy atom. The molecule has 9 nitrogen and oxygen atoms in total. The summed E-state index contributed by atoms with van der Waals surface area (Å²) in [7, 11) is 1.16. The third kappa shape index (κ3) is 69.3. The van der Waals surface area contributed by atoms with Crippen LogP contribution in [0.4, 0.5) is 0 Å². The number of ether oxygens (including phenoxy) is 2. The van der Waals surface area contributed by atoms with Gasteiger partial charge in [-0.05, 0) is 109 Å². The van der Waals surface area contributed by atoms with E-state index in [9.17, 15) is 19.0 Å². The van der Waals surface area contributed by atoms with E-state index in [1.807, 2.05) is 21.1 Å². The highest BCUT2D eigenvalue weighted by Gasteiger charge is 2.22. The second-order valence-electron chi connectivity index (χ2n) is 24.1. The zero-order valence-electron chi connectivity index (χ0n) is 56.0. The number of phosphoric acid groups is 1. The molecule has 0 aliphatic rings. The highest BCUT2D eigenvalue weighted by Crippen LogP contribution is 2.38. The van der Waals surface area contributed by atoms with Crippen molar-refractivity contribution in [2.24, 2.45) is 0 Å². The van der Waals surface area contributed by atoms with E-state index in [1.165, 1.54) is 141 Å². The highest BCUT2D eigenvalue weighted by atomic mass is 31.2. The Kier molecular flexibility index (Phi) is 62.7. The Morgan fingerprint density at radius 2 is 0.628 bits per heavy atom. The van der Waals surface area contributed by atoms with Crippen molar-refractivity contribution in [1.29, 1.82) is 0 Å². The van der Waals surface area contributed by atoms with E-state index in [-0.39, 0.29) is 32.0 Å². The molecule has 0 saturated heterocycles. The monoisotopic (exact) mass is 1220 g/mol. The van der Waals surface area contributed by atoms with Crippen LogP contribution in [0.2, 0.25) is 0 Å². The number of hydrogen-bond acceptors (Lipinski definition) is 8. The summed E-state index contributed by atoms with van der Waals surface area (Å²) in [5, 5.41) is 0. The van der Waals surface area contributed by atoms with Crippen LogP contribution in [-0.2, 0) is 32.7 Å². The predicted molar refractivity (Wildman–Crippen MR) is 369 cm³/mol. The van der Waals surface area contributed by atoms with Crippen LogP contribution in [0.25, 0.3) is 0 Å². The fraction of sp³-hybridized carbons (Fsp3) is 0.684. The third-order valence-corrected chi connectivity index (χ3v) is 15.6. The van der Waals surface area contributed by atoms with Gasteiger partial charge >= 0.3 is 11.9 Å². The molecule has 0 fully saturated rings. The Balaban J connectivity index is 4.05. The van der Waals surface area contributed by atoms with Crippen molar-refractivity contribution >= 4 is 19.8 Å². The Hall–Kier alpha value is -3.85. The van der Waals surface area contributed by atoms with Crippen molar-refractivity contribution in [2.75, 3.05) is 47.5 Å². The molecule has 0 aliphatic heterocycles. The number of allylic oxidation sites excluding steroid dienone is 22. The fourth-order valence-electron chi connectivity index (χ4n) is 9.39. The Morgan fingerprint density at radius 1 is 0.360 bits per heavy atom. The van der Waals surface area contributed by atoms with E-state index in [1.54, 1.807) is 0 Å². The molecule has 86 heavy (non-hydrogen) atoms. The van der Waals surface area contributed by atoms with Gasteiger partial charge in [-0.25, -0.2) is 0 Å². The summed E-state index contributed by atoms with van der Waals surface area (Å²) in [5.41, 5.74) is 0. The molecule has 0 N–H and O–H groups in total. The molecule has 0 amide bonds. The Labute approximate surface area is 530 Å². The number of phosphoric ester groups is 1. The predicted octanol–water partition coefficient (Wildman–Crippen LogP) is 22.2. The van der Waals surface area contributed by atoms with Gasteiger partial charge in [-0.3, -0.25) is 14.2 Å². The molecule has 0 aromatic carbocycles. The maximum Gasteiger partial charge on any atom is 0.306 e. The number of nitrogens with zero attached hydrogens (tertiary/aromatic N) is 1. The average molecular weight is 1220 g/mol. The minimum atomic E-state index is -4.65. The maximum absolute atomic E-state index is 12.9. The van der Waals surface area contributed by atoms with Crippen LogP contribution in [0, 0.1) is 0 Å². The van der Waals surface area contributed by atoms with Crippen LogP contribution >= 0.6 is 7.82 Å². The van der Waals surface area contributed by atoms with Crippen molar-refractivity contribution in [3.63, 3.8) is 0 Å². The topological polar surface area (TPSA) is 111 Å². The van der Waals surface area contributed by atoms with Gasteiger partial charge in [0.05, 0.1) is 27.7 Å².